The molecule has 3 rings (SSSR count). The molecule has 1 atom stereocenters. The third kappa shape index (κ3) is 4.99. The maximum absolute atomic E-state index is 12.9. The van der Waals surface area contributed by atoms with Gasteiger partial charge in [0, 0.05) is 13.1 Å². The van der Waals surface area contributed by atoms with Gasteiger partial charge in [0.25, 0.3) is 11.8 Å². The first kappa shape index (κ1) is 17.3. The van der Waals surface area contributed by atoms with Gasteiger partial charge in [0.15, 0.2) is 12.4 Å². The lowest BCUT2D eigenvalue weighted by molar-refractivity contribution is -0.138. The van der Waals surface area contributed by atoms with Crippen molar-refractivity contribution >= 4 is 5.91 Å². The van der Waals surface area contributed by atoms with Crippen LogP contribution in [0.25, 0.3) is 0 Å². The van der Waals surface area contributed by atoms with Gasteiger partial charge in [0.2, 0.25) is 0 Å². The average molecular weight is 349 g/mol. The summed E-state index contributed by atoms with van der Waals surface area (Å²) in [6.45, 7) is 3.07. The predicted molar refractivity (Wildman–Crippen MR) is 85.3 cm³/mol. The zero-order chi connectivity index (χ0) is 17.6. The van der Waals surface area contributed by atoms with Crippen LogP contribution in [0.2, 0.25) is 0 Å². The van der Waals surface area contributed by atoms with E-state index < -0.39 is 0 Å². The highest BCUT2D eigenvalue weighted by Gasteiger charge is 2.25. The number of nitrogens with zero attached hydrogens (tertiary/aromatic N) is 3. The smallest absolute Gasteiger partial charge is 0.260 e. The second kappa shape index (κ2) is 8.06. The minimum absolute atomic E-state index is 0.0734. The number of carbonyl (C=O) groups is 1. The van der Waals surface area contributed by atoms with Gasteiger partial charge in [-0.15, -0.1) is 0 Å². The Bertz CT molecular complexity index is 704. The lowest BCUT2D eigenvalue weighted by atomic mass is 10.1. The third-order valence-corrected chi connectivity index (χ3v) is 3.92. The zero-order valence-electron chi connectivity index (χ0n) is 14.0. The van der Waals surface area contributed by atoms with Crippen LogP contribution in [0.4, 0.5) is 4.39 Å². The number of aromatic nitrogens is 2. The SMILES string of the molecule is Cc1noc(CO[C@H]2CCCN(C(=O)COc3ccc(F)cc3)C2)n1. The number of hydrogen-bond donors (Lipinski definition) is 0. The van der Waals surface area contributed by atoms with E-state index in [4.69, 9.17) is 14.0 Å². The Balaban J connectivity index is 1.45. The van der Waals surface area contributed by atoms with Crippen molar-refractivity contribution in [1.82, 2.24) is 15.0 Å². The molecule has 0 saturated carbocycles. The Morgan fingerprint density at radius 2 is 2.20 bits per heavy atom. The molecule has 1 aromatic carbocycles. The van der Waals surface area contributed by atoms with E-state index in [2.05, 4.69) is 10.1 Å². The molecule has 0 aliphatic carbocycles. The van der Waals surface area contributed by atoms with E-state index in [1.807, 2.05) is 0 Å². The van der Waals surface area contributed by atoms with Gasteiger partial charge < -0.3 is 18.9 Å². The molecule has 2 aromatic rings. The molecule has 8 heteroatoms. The van der Waals surface area contributed by atoms with Crippen molar-refractivity contribution in [3.63, 3.8) is 0 Å². The van der Waals surface area contributed by atoms with Gasteiger partial charge >= 0.3 is 0 Å². The largest absolute Gasteiger partial charge is 0.484 e. The Kier molecular flexibility index (Phi) is 5.60. The van der Waals surface area contributed by atoms with Gasteiger partial charge in [-0.25, -0.2) is 4.39 Å². The zero-order valence-corrected chi connectivity index (χ0v) is 14.0. The maximum atomic E-state index is 12.9. The minimum Gasteiger partial charge on any atom is -0.484 e. The number of amides is 1. The monoisotopic (exact) mass is 349 g/mol. The molecule has 0 unspecified atom stereocenters. The fourth-order valence-electron chi connectivity index (χ4n) is 2.66. The first-order chi connectivity index (χ1) is 12.1. The van der Waals surface area contributed by atoms with Crippen LogP contribution in [-0.4, -0.2) is 46.7 Å². The van der Waals surface area contributed by atoms with Gasteiger partial charge in [-0.2, -0.15) is 4.98 Å². The standard InChI is InChI=1S/C17H20FN3O4/c1-12-19-16(25-20-12)10-23-15-3-2-8-21(9-15)17(22)11-24-14-6-4-13(18)5-7-14/h4-7,15H,2-3,8-11H2,1H3/t15-/m0/s1. The van der Waals surface area contributed by atoms with E-state index >= 15 is 0 Å². The van der Waals surface area contributed by atoms with Crippen LogP contribution in [0.5, 0.6) is 5.75 Å². The molecule has 1 amide bonds. The Morgan fingerprint density at radius 1 is 1.40 bits per heavy atom. The number of carbonyl (C=O) groups excluding carboxylic acids is 1. The second-order valence-electron chi connectivity index (χ2n) is 5.89. The summed E-state index contributed by atoms with van der Waals surface area (Å²) in [6, 6.07) is 5.59. The fraction of sp³-hybridized carbons (Fsp3) is 0.471. The van der Waals surface area contributed by atoms with E-state index in [0.29, 0.717) is 30.6 Å². The lowest BCUT2D eigenvalue weighted by Crippen LogP contribution is -2.45. The van der Waals surface area contributed by atoms with Crippen molar-refractivity contribution in [1.29, 1.82) is 0 Å². The highest BCUT2D eigenvalue weighted by Crippen LogP contribution is 2.16. The fourth-order valence-corrected chi connectivity index (χ4v) is 2.66. The number of aryl methyl sites for hydroxylation is 1. The summed E-state index contributed by atoms with van der Waals surface area (Å²) in [5.74, 6) is 1.00. The summed E-state index contributed by atoms with van der Waals surface area (Å²) in [5.41, 5.74) is 0. The topological polar surface area (TPSA) is 77.7 Å². The van der Waals surface area contributed by atoms with E-state index in [-0.39, 0.29) is 31.0 Å². The number of benzene rings is 1. The summed E-state index contributed by atoms with van der Waals surface area (Å²) in [7, 11) is 0. The van der Waals surface area contributed by atoms with Crippen molar-refractivity contribution in [2.45, 2.75) is 32.5 Å². The normalized spacial score (nSPS) is 17.5. The van der Waals surface area contributed by atoms with Crippen LogP contribution in [-0.2, 0) is 16.1 Å². The number of piperidine rings is 1. The Hall–Kier alpha value is -2.48. The van der Waals surface area contributed by atoms with Crippen molar-refractivity contribution in [2.75, 3.05) is 19.7 Å². The number of hydrogen-bond acceptors (Lipinski definition) is 6. The second-order valence-corrected chi connectivity index (χ2v) is 5.89. The maximum Gasteiger partial charge on any atom is 0.260 e. The molecule has 1 aliphatic rings. The van der Waals surface area contributed by atoms with Crippen LogP contribution in [0.3, 0.4) is 0 Å². The molecule has 7 nitrogen and oxygen atoms in total. The molecule has 1 saturated heterocycles. The van der Waals surface area contributed by atoms with Crippen LogP contribution in [0, 0.1) is 12.7 Å². The van der Waals surface area contributed by atoms with Crippen molar-refractivity contribution in [3.8, 4) is 5.75 Å². The minimum atomic E-state index is -0.342. The summed E-state index contributed by atoms with van der Waals surface area (Å²) in [4.78, 5) is 18.1. The van der Waals surface area contributed by atoms with Gasteiger partial charge in [0.1, 0.15) is 18.2 Å². The van der Waals surface area contributed by atoms with Gasteiger partial charge in [0.05, 0.1) is 6.10 Å². The molecule has 1 aliphatic heterocycles. The van der Waals surface area contributed by atoms with Gasteiger partial charge in [-0.3, -0.25) is 4.79 Å². The average Bonchev–Trinajstić information content (AvgIpc) is 3.05. The van der Waals surface area contributed by atoms with Crippen molar-refractivity contribution in [2.24, 2.45) is 0 Å². The molecule has 0 bridgehead atoms. The molecule has 0 spiro atoms. The molecule has 134 valence electrons. The molecule has 2 heterocycles. The van der Waals surface area contributed by atoms with Crippen LogP contribution < -0.4 is 4.74 Å². The third-order valence-electron chi connectivity index (χ3n) is 3.92. The quantitative estimate of drug-likeness (QED) is 0.795. The van der Waals surface area contributed by atoms with E-state index in [9.17, 15) is 9.18 Å². The predicted octanol–water partition coefficient (Wildman–Crippen LogP) is 2.10. The highest BCUT2D eigenvalue weighted by molar-refractivity contribution is 5.77. The Labute approximate surface area is 144 Å². The first-order valence-electron chi connectivity index (χ1n) is 8.17. The molecule has 0 radical (unpaired) electrons. The highest BCUT2D eigenvalue weighted by atomic mass is 19.1. The van der Waals surface area contributed by atoms with Crippen LogP contribution in [0.15, 0.2) is 28.8 Å². The summed E-state index contributed by atoms with van der Waals surface area (Å²) >= 11 is 0. The summed E-state index contributed by atoms with van der Waals surface area (Å²) in [5, 5.41) is 3.71. The first-order valence-corrected chi connectivity index (χ1v) is 8.17. The van der Waals surface area contributed by atoms with Gasteiger partial charge in [-0.05, 0) is 44.0 Å². The molecule has 1 fully saturated rings. The van der Waals surface area contributed by atoms with Crippen molar-refractivity contribution in [3.05, 3.63) is 41.8 Å². The van der Waals surface area contributed by atoms with Crippen molar-refractivity contribution < 1.29 is 23.2 Å². The Morgan fingerprint density at radius 3 is 2.92 bits per heavy atom. The number of ether oxygens (including phenoxy) is 2. The molecular formula is C17H20FN3O4. The van der Waals surface area contributed by atoms with E-state index in [1.165, 1.54) is 24.3 Å². The lowest BCUT2D eigenvalue weighted by Gasteiger charge is -2.32. The summed E-state index contributed by atoms with van der Waals surface area (Å²) < 4.78 is 29.0. The molecular weight excluding hydrogens is 329 g/mol. The molecule has 1 aromatic heterocycles. The van der Waals surface area contributed by atoms with E-state index in [1.54, 1.807) is 11.8 Å². The summed E-state index contributed by atoms with van der Waals surface area (Å²) in [6.07, 6.45) is 1.65. The molecule has 0 N–H and O–H groups in total. The van der Waals surface area contributed by atoms with Gasteiger partial charge in [-0.1, -0.05) is 5.16 Å². The number of likely N-dealkylation sites (tertiary alicyclic amines) is 1. The van der Waals surface area contributed by atoms with Crippen LogP contribution >= 0.6 is 0 Å². The van der Waals surface area contributed by atoms with Crippen LogP contribution in [0.1, 0.15) is 24.6 Å². The van der Waals surface area contributed by atoms with E-state index in [0.717, 1.165) is 12.8 Å². The number of halogens is 1. The molecule has 25 heavy (non-hydrogen) atoms. The number of rotatable bonds is 6.